The minimum Gasteiger partial charge on any atom is -0.481 e. The third-order valence-corrected chi connectivity index (χ3v) is 5.35. The number of anilines is 1. The van der Waals surface area contributed by atoms with Crippen LogP contribution in [0.3, 0.4) is 0 Å². The Morgan fingerprint density at radius 1 is 1.03 bits per heavy atom. The molecule has 0 bridgehead atoms. The Morgan fingerprint density at radius 2 is 1.79 bits per heavy atom. The molecule has 1 saturated heterocycles. The van der Waals surface area contributed by atoms with Gasteiger partial charge in [-0.3, -0.25) is 4.79 Å². The van der Waals surface area contributed by atoms with Gasteiger partial charge < -0.3 is 14.5 Å². The first-order chi connectivity index (χ1) is 14.0. The highest BCUT2D eigenvalue weighted by atomic mass is 16.5. The first kappa shape index (κ1) is 20.7. The Labute approximate surface area is 173 Å². The fourth-order valence-corrected chi connectivity index (χ4v) is 3.60. The van der Waals surface area contributed by atoms with Crippen LogP contribution in [0.15, 0.2) is 48.5 Å². The molecule has 1 aliphatic rings. The molecule has 3 rings (SSSR count). The minimum absolute atomic E-state index is 0.0293. The maximum Gasteiger partial charge on any atom is 0.263 e. The molecule has 0 radical (unpaired) electrons. The van der Waals surface area contributed by atoms with Crippen molar-refractivity contribution in [3.63, 3.8) is 0 Å². The van der Waals surface area contributed by atoms with Gasteiger partial charge in [-0.1, -0.05) is 26.0 Å². The third kappa shape index (κ3) is 5.29. The number of hydrogen-bond acceptors (Lipinski definition) is 4. The van der Waals surface area contributed by atoms with E-state index >= 15 is 0 Å². The van der Waals surface area contributed by atoms with Crippen molar-refractivity contribution >= 4 is 11.6 Å². The Balaban J connectivity index is 1.59. The number of benzene rings is 2. The number of carbonyl (C=O) groups excluding carboxylic acids is 1. The Hall–Kier alpha value is -3.00. The van der Waals surface area contributed by atoms with Gasteiger partial charge in [0.2, 0.25) is 0 Å². The molecule has 2 aromatic rings. The zero-order valence-corrected chi connectivity index (χ0v) is 17.5. The summed E-state index contributed by atoms with van der Waals surface area (Å²) in [6, 6.07) is 17.8. The maximum absolute atomic E-state index is 12.9. The lowest BCUT2D eigenvalue weighted by molar-refractivity contribution is -0.137. The van der Waals surface area contributed by atoms with E-state index in [0.717, 1.165) is 37.5 Å². The SMILES string of the molecule is CC(Oc1cccc(C(C)C)c1)C(=O)N1CCCN(c2ccc(C#N)cc2)CC1. The fraction of sp³-hybridized carbons (Fsp3) is 0.417. The fourth-order valence-electron chi connectivity index (χ4n) is 3.60. The van der Waals surface area contributed by atoms with Crippen LogP contribution in [0.2, 0.25) is 0 Å². The van der Waals surface area contributed by atoms with Crippen LogP contribution < -0.4 is 9.64 Å². The summed E-state index contributed by atoms with van der Waals surface area (Å²) in [5.74, 6) is 1.19. The van der Waals surface area contributed by atoms with E-state index in [1.807, 2.05) is 54.3 Å². The minimum atomic E-state index is -0.515. The summed E-state index contributed by atoms with van der Waals surface area (Å²) >= 11 is 0. The Bertz CT molecular complexity index is 870. The van der Waals surface area contributed by atoms with E-state index < -0.39 is 6.10 Å². The van der Waals surface area contributed by atoms with Crippen LogP contribution in [0.1, 0.15) is 44.2 Å². The van der Waals surface area contributed by atoms with Gasteiger partial charge in [0.15, 0.2) is 6.10 Å². The average molecular weight is 392 g/mol. The van der Waals surface area contributed by atoms with Crippen molar-refractivity contribution in [2.75, 3.05) is 31.1 Å². The lowest BCUT2D eigenvalue weighted by Gasteiger charge is -2.26. The summed E-state index contributed by atoms with van der Waals surface area (Å²) in [5.41, 5.74) is 2.95. The van der Waals surface area contributed by atoms with Crippen LogP contribution in [0.5, 0.6) is 5.75 Å². The van der Waals surface area contributed by atoms with Crippen LogP contribution in [0, 0.1) is 11.3 Å². The summed E-state index contributed by atoms with van der Waals surface area (Å²) in [6.07, 6.45) is 0.389. The molecular formula is C24H29N3O2. The molecule has 0 saturated carbocycles. The smallest absolute Gasteiger partial charge is 0.263 e. The molecule has 1 heterocycles. The van der Waals surface area contributed by atoms with Gasteiger partial charge in [0.25, 0.3) is 5.91 Å². The number of rotatable bonds is 5. The largest absolute Gasteiger partial charge is 0.481 e. The second kappa shape index (κ2) is 9.47. The highest BCUT2D eigenvalue weighted by molar-refractivity contribution is 5.81. The van der Waals surface area contributed by atoms with E-state index in [-0.39, 0.29) is 5.91 Å². The van der Waals surface area contributed by atoms with Gasteiger partial charge in [-0.2, -0.15) is 5.26 Å². The summed E-state index contributed by atoms with van der Waals surface area (Å²) < 4.78 is 5.96. The summed E-state index contributed by atoms with van der Waals surface area (Å²) in [5, 5.41) is 8.96. The summed E-state index contributed by atoms with van der Waals surface area (Å²) in [7, 11) is 0. The van der Waals surface area contributed by atoms with Crippen LogP contribution in [-0.4, -0.2) is 43.1 Å². The molecule has 1 fully saturated rings. The predicted octanol–water partition coefficient (Wildman–Crippen LogP) is 4.19. The van der Waals surface area contributed by atoms with Crippen LogP contribution >= 0.6 is 0 Å². The van der Waals surface area contributed by atoms with Gasteiger partial charge in [-0.15, -0.1) is 0 Å². The number of nitrogens with zero attached hydrogens (tertiary/aromatic N) is 3. The molecule has 0 aromatic heterocycles. The van der Waals surface area contributed by atoms with Crippen LogP contribution in [-0.2, 0) is 4.79 Å². The third-order valence-electron chi connectivity index (χ3n) is 5.35. The number of carbonyl (C=O) groups is 1. The van der Waals surface area contributed by atoms with Crippen molar-refractivity contribution in [2.45, 2.75) is 39.2 Å². The quantitative estimate of drug-likeness (QED) is 0.767. The second-order valence-electron chi connectivity index (χ2n) is 7.81. The van der Waals surface area contributed by atoms with Crippen LogP contribution in [0.4, 0.5) is 5.69 Å². The highest BCUT2D eigenvalue weighted by Crippen LogP contribution is 2.22. The second-order valence-corrected chi connectivity index (χ2v) is 7.81. The molecule has 5 heteroatoms. The van der Waals surface area contributed by atoms with Gasteiger partial charge in [0.05, 0.1) is 11.6 Å². The summed E-state index contributed by atoms with van der Waals surface area (Å²) in [6.45, 7) is 9.17. The number of ether oxygens (including phenoxy) is 1. The molecule has 0 spiro atoms. The molecule has 0 aliphatic carbocycles. The van der Waals surface area contributed by atoms with E-state index in [4.69, 9.17) is 10.00 Å². The van der Waals surface area contributed by atoms with Crippen molar-refractivity contribution in [3.8, 4) is 11.8 Å². The van der Waals surface area contributed by atoms with E-state index in [1.54, 1.807) is 0 Å². The first-order valence-electron chi connectivity index (χ1n) is 10.3. The van der Waals surface area contributed by atoms with Crippen molar-refractivity contribution in [3.05, 3.63) is 59.7 Å². The molecule has 2 aromatic carbocycles. The molecule has 1 unspecified atom stereocenters. The summed E-state index contributed by atoms with van der Waals surface area (Å²) in [4.78, 5) is 17.1. The lowest BCUT2D eigenvalue weighted by Crippen LogP contribution is -2.42. The van der Waals surface area contributed by atoms with Crippen LogP contribution in [0.25, 0.3) is 0 Å². The molecular weight excluding hydrogens is 362 g/mol. The molecule has 1 atom stereocenters. The van der Waals surface area contributed by atoms with Crippen molar-refractivity contribution < 1.29 is 9.53 Å². The lowest BCUT2D eigenvalue weighted by atomic mass is 10.0. The molecule has 1 amide bonds. The van der Waals surface area contributed by atoms with Gasteiger partial charge in [-0.05, 0) is 61.2 Å². The monoisotopic (exact) mass is 391 g/mol. The van der Waals surface area contributed by atoms with E-state index in [2.05, 4.69) is 30.9 Å². The average Bonchev–Trinajstić information content (AvgIpc) is 2.99. The van der Waals surface area contributed by atoms with Crippen molar-refractivity contribution in [1.82, 2.24) is 4.90 Å². The zero-order chi connectivity index (χ0) is 20.8. The van der Waals surface area contributed by atoms with Crippen molar-refractivity contribution in [1.29, 1.82) is 5.26 Å². The molecule has 152 valence electrons. The van der Waals surface area contributed by atoms with Gasteiger partial charge in [0.1, 0.15) is 5.75 Å². The topological polar surface area (TPSA) is 56.6 Å². The standard InChI is InChI=1S/C24H29N3O2/c1-18(2)21-6-4-7-23(16-21)29-19(3)24(28)27-13-5-12-26(14-15-27)22-10-8-20(17-25)9-11-22/h4,6-11,16,18-19H,5,12-15H2,1-3H3. The first-order valence-corrected chi connectivity index (χ1v) is 10.3. The van der Waals surface area contributed by atoms with E-state index in [9.17, 15) is 4.79 Å². The van der Waals surface area contributed by atoms with Gasteiger partial charge >= 0.3 is 0 Å². The molecule has 0 N–H and O–H groups in total. The number of hydrogen-bond donors (Lipinski definition) is 0. The maximum atomic E-state index is 12.9. The molecule has 1 aliphatic heterocycles. The van der Waals surface area contributed by atoms with E-state index in [0.29, 0.717) is 18.0 Å². The van der Waals surface area contributed by atoms with Crippen molar-refractivity contribution in [2.24, 2.45) is 0 Å². The Kier molecular flexibility index (Phi) is 6.77. The Morgan fingerprint density at radius 3 is 2.48 bits per heavy atom. The highest BCUT2D eigenvalue weighted by Gasteiger charge is 2.25. The number of amides is 1. The molecule has 5 nitrogen and oxygen atoms in total. The number of nitriles is 1. The molecule has 29 heavy (non-hydrogen) atoms. The zero-order valence-electron chi connectivity index (χ0n) is 17.5. The predicted molar refractivity (Wildman–Crippen MR) is 115 cm³/mol. The van der Waals surface area contributed by atoms with E-state index in [1.165, 1.54) is 5.56 Å². The van der Waals surface area contributed by atoms with Gasteiger partial charge in [-0.25, -0.2) is 0 Å². The normalized spacial score (nSPS) is 15.6. The van der Waals surface area contributed by atoms with Gasteiger partial charge in [0, 0.05) is 31.9 Å².